The van der Waals surface area contributed by atoms with Crippen LogP contribution in [0.5, 0.6) is 0 Å². The topological polar surface area (TPSA) is 255 Å². The van der Waals surface area contributed by atoms with Crippen molar-refractivity contribution in [2.75, 3.05) is 31.6 Å². The highest BCUT2D eigenvalue weighted by Gasteiger charge is 2.51. The van der Waals surface area contributed by atoms with Gasteiger partial charge in [0.25, 0.3) is 0 Å². The molecule has 4 aromatic carbocycles. The SMILES string of the molecule is CCCN(CCO)C(=O)C1=Cc2ccc(C3(C(=O)Nc4cnc5c(c4)CN(C(=O)[C@H](CC(=O)NC(c4ccccc4)(c4ccccc4)c4ccccc4)NC(=O)[C@H](C)NC(=O)[C@H](C)N)CC5)CC3)cc2N=C(N)C1. The number of carbonyl (C=O) groups excluding carboxylic acids is 6. The van der Waals surface area contributed by atoms with Gasteiger partial charge in [-0.15, -0.1) is 0 Å². The van der Waals surface area contributed by atoms with Crippen molar-refractivity contribution in [3.05, 3.63) is 166 Å². The molecule has 6 amide bonds. The normalized spacial score (nSPS) is 15.8. The lowest BCUT2D eigenvalue weighted by atomic mass is 9.77. The fourth-order valence-electron chi connectivity index (χ4n) is 9.79. The number of nitrogens with two attached hydrogens (primary N) is 2. The Hall–Kier alpha value is -8.02. The molecular formula is C57H64N10O7. The number of hydrogen-bond donors (Lipinski definition) is 7. The summed E-state index contributed by atoms with van der Waals surface area (Å²) in [6, 6.07) is 32.6. The molecular weight excluding hydrogens is 937 g/mol. The van der Waals surface area contributed by atoms with Crippen molar-refractivity contribution in [1.82, 2.24) is 30.7 Å². The molecule has 1 fully saturated rings. The molecule has 3 aliphatic rings. The van der Waals surface area contributed by atoms with Gasteiger partial charge in [0.2, 0.25) is 35.4 Å². The first-order chi connectivity index (χ1) is 35.6. The zero-order chi connectivity index (χ0) is 52.6. The third-order valence-electron chi connectivity index (χ3n) is 13.9. The van der Waals surface area contributed by atoms with Gasteiger partial charge in [0.1, 0.15) is 23.5 Å². The van der Waals surface area contributed by atoms with E-state index in [9.17, 15) is 33.9 Å². The Morgan fingerprint density at radius 3 is 2.05 bits per heavy atom. The number of aliphatic hydroxyl groups excluding tert-OH is 1. The lowest BCUT2D eigenvalue weighted by Gasteiger charge is -2.37. The number of carbonyl (C=O) groups is 6. The molecule has 1 aromatic heterocycles. The molecule has 17 nitrogen and oxygen atoms in total. The average molecular weight is 1000 g/mol. The number of rotatable bonds is 19. The van der Waals surface area contributed by atoms with Crippen molar-refractivity contribution < 1.29 is 33.9 Å². The van der Waals surface area contributed by atoms with Gasteiger partial charge in [-0.1, -0.05) is 110 Å². The van der Waals surface area contributed by atoms with Crippen molar-refractivity contribution in [2.45, 2.75) is 94.9 Å². The van der Waals surface area contributed by atoms with Gasteiger partial charge < -0.3 is 47.6 Å². The summed E-state index contributed by atoms with van der Waals surface area (Å²) in [4.78, 5) is 96.1. The van der Waals surface area contributed by atoms with Crippen LogP contribution in [0.1, 0.15) is 91.9 Å². The van der Waals surface area contributed by atoms with E-state index >= 15 is 0 Å². The summed E-state index contributed by atoms with van der Waals surface area (Å²) in [5.41, 5.74) is 16.7. The van der Waals surface area contributed by atoms with Crippen LogP contribution in [0.15, 0.2) is 132 Å². The van der Waals surface area contributed by atoms with Gasteiger partial charge in [-0.05, 0) is 79.1 Å². The third kappa shape index (κ3) is 11.4. The molecule has 9 N–H and O–H groups in total. The molecule has 0 radical (unpaired) electrons. The molecule has 8 rings (SSSR count). The number of benzene rings is 4. The number of hydrogen-bond acceptors (Lipinski definition) is 11. The van der Waals surface area contributed by atoms with Gasteiger partial charge in [0, 0.05) is 55.9 Å². The quantitative estimate of drug-likeness (QED) is 0.0572. The molecule has 1 saturated carbocycles. The summed E-state index contributed by atoms with van der Waals surface area (Å²) >= 11 is 0. The van der Waals surface area contributed by atoms with E-state index < -0.39 is 59.1 Å². The van der Waals surface area contributed by atoms with Crippen molar-refractivity contribution in [2.24, 2.45) is 16.5 Å². The molecule has 74 heavy (non-hydrogen) atoms. The maximum atomic E-state index is 14.8. The zero-order valence-electron chi connectivity index (χ0n) is 42.0. The van der Waals surface area contributed by atoms with Crippen LogP contribution in [0, 0.1) is 0 Å². The summed E-state index contributed by atoms with van der Waals surface area (Å²) in [5.74, 6) is -2.49. The highest BCUT2D eigenvalue weighted by molar-refractivity contribution is 6.06. The van der Waals surface area contributed by atoms with Crippen LogP contribution in [0.2, 0.25) is 0 Å². The van der Waals surface area contributed by atoms with Gasteiger partial charge >= 0.3 is 0 Å². The van der Waals surface area contributed by atoms with Crippen LogP contribution in [-0.2, 0) is 52.7 Å². The van der Waals surface area contributed by atoms with Gasteiger partial charge in [-0.2, -0.15) is 0 Å². The highest BCUT2D eigenvalue weighted by Crippen LogP contribution is 2.50. The number of aliphatic hydroxyl groups is 1. The van der Waals surface area contributed by atoms with E-state index in [1.54, 1.807) is 28.1 Å². The van der Waals surface area contributed by atoms with E-state index in [2.05, 4.69) is 31.2 Å². The summed E-state index contributed by atoms with van der Waals surface area (Å²) < 4.78 is 0. The second-order valence-electron chi connectivity index (χ2n) is 19.3. The Morgan fingerprint density at radius 1 is 0.838 bits per heavy atom. The number of aliphatic imine (C=N–C) groups is 1. The number of anilines is 1. The minimum absolute atomic E-state index is 0.0709. The summed E-state index contributed by atoms with van der Waals surface area (Å²) in [7, 11) is 0. The number of nitrogens with zero attached hydrogens (tertiary/aromatic N) is 4. The summed E-state index contributed by atoms with van der Waals surface area (Å²) in [6.07, 6.45) is 5.33. The van der Waals surface area contributed by atoms with E-state index in [4.69, 9.17) is 11.5 Å². The molecule has 384 valence electrons. The van der Waals surface area contributed by atoms with Crippen LogP contribution in [-0.4, -0.2) is 106 Å². The molecule has 17 heteroatoms. The molecule has 0 bridgehead atoms. The Kier molecular flexibility index (Phi) is 16.1. The van der Waals surface area contributed by atoms with E-state index in [-0.39, 0.29) is 50.3 Å². The van der Waals surface area contributed by atoms with Gasteiger partial charge in [-0.3, -0.25) is 33.8 Å². The molecule has 0 spiro atoms. The van der Waals surface area contributed by atoms with Crippen molar-refractivity contribution in [3.63, 3.8) is 0 Å². The molecule has 3 atom stereocenters. The minimum Gasteiger partial charge on any atom is -0.395 e. The number of amidine groups is 1. The van der Waals surface area contributed by atoms with Crippen molar-refractivity contribution in [3.8, 4) is 0 Å². The lowest BCUT2D eigenvalue weighted by molar-refractivity contribution is -0.140. The first-order valence-corrected chi connectivity index (χ1v) is 25.2. The second-order valence-corrected chi connectivity index (χ2v) is 19.3. The number of fused-ring (bicyclic) bond motifs is 2. The van der Waals surface area contributed by atoms with Crippen LogP contribution < -0.4 is 32.7 Å². The fraction of sp³-hybridized carbons (Fsp3) is 0.333. The molecule has 5 aromatic rings. The molecule has 0 unspecified atom stereocenters. The highest BCUT2D eigenvalue weighted by atomic mass is 16.3. The largest absolute Gasteiger partial charge is 0.395 e. The maximum Gasteiger partial charge on any atom is 0.250 e. The summed E-state index contributed by atoms with van der Waals surface area (Å²) in [6.45, 7) is 5.78. The summed E-state index contributed by atoms with van der Waals surface area (Å²) in [5, 5.41) is 21.3. The second kappa shape index (κ2) is 22.8. The Labute approximate surface area is 430 Å². The third-order valence-corrected chi connectivity index (χ3v) is 13.9. The lowest BCUT2D eigenvalue weighted by Crippen LogP contribution is -2.57. The van der Waals surface area contributed by atoms with Crippen LogP contribution in [0.4, 0.5) is 11.4 Å². The smallest absolute Gasteiger partial charge is 0.250 e. The van der Waals surface area contributed by atoms with E-state index in [1.165, 1.54) is 13.8 Å². The molecule has 3 heterocycles. The number of amides is 6. The first kappa shape index (κ1) is 52.3. The van der Waals surface area contributed by atoms with E-state index in [1.807, 2.05) is 116 Å². The monoisotopic (exact) mass is 1000 g/mol. The van der Waals surface area contributed by atoms with Crippen molar-refractivity contribution >= 4 is 58.7 Å². The molecule has 0 saturated heterocycles. The Balaban J connectivity index is 1.02. The van der Waals surface area contributed by atoms with Crippen LogP contribution in [0.3, 0.4) is 0 Å². The van der Waals surface area contributed by atoms with Crippen LogP contribution >= 0.6 is 0 Å². The predicted molar refractivity (Wildman–Crippen MR) is 282 cm³/mol. The number of pyridine rings is 1. The van der Waals surface area contributed by atoms with Gasteiger partial charge in [0.05, 0.1) is 42.1 Å². The average Bonchev–Trinajstić information content (AvgIpc) is 4.25. The maximum absolute atomic E-state index is 14.8. The van der Waals surface area contributed by atoms with Crippen LogP contribution in [0.25, 0.3) is 6.08 Å². The standard InChI is InChI=1S/C57H64N10O7/c1-4-25-66(27-28-68)53(72)39-29-38-20-21-44(32-47(38)63-49(59)31-39)56(23-24-56)55(74)62-45-30-40-35-67(26-22-46(40)60-34-45)54(73)48(64-52(71)37(3)61-51(70)36(2)58)33-50(69)65-57(41-14-8-5-9-15-41,42-16-10-6-11-17-42)43-18-12-7-13-19-43/h5-21,29-30,32,34,36-37,48,68H,4,22-28,31,33,35,58H2,1-3H3,(H2,59,63)(H,61,70)(H,62,74)(H,64,71)(H,65,69)/t36-,37-,48-/m0/s1. The van der Waals surface area contributed by atoms with Crippen molar-refractivity contribution in [1.29, 1.82) is 0 Å². The van der Waals surface area contributed by atoms with E-state index in [0.717, 1.165) is 34.4 Å². The predicted octanol–water partition coefficient (Wildman–Crippen LogP) is 4.48. The minimum atomic E-state index is -1.37. The zero-order valence-corrected chi connectivity index (χ0v) is 42.0. The Bertz CT molecular complexity index is 2860. The first-order valence-electron chi connectivity index (χ1n) is 25.2. The van der Waals surface area contributed by atoms with E-state index in [0.29, 0.717) is 53.9 Å². The molecule has 2 aliphatic heterocycles. The van der Waals surface area contributed by atoms with Gasteiger partial charge in [0.15, 0.2) is 0 Å². The van der Waals surface area contributed by atoms with Gasteiger partial charge in [-0.25, -0.2) is 4.99 Å². The molecule has 1 aliphatic carbocycles. The fourth-order valence-corrected chi connectivity index (χ4v) is 9.79. The Morgan fingerprint density at radius 2 is 1.47 bits per heavy atom. The number of nitrogens with one attached hydrogen (secondary N) is 4. The number of aromatic nitrogens is 1.